The minimum Gasteiger partial charge on any atom is -0.477 e. The van der Waals surface area contributed by atoms with E-state index in [0.717, 1.165) is 6.41 Å². The number of carboxylic acids is 1. The molecule has 1 aliphatic heterocycles. The molecule has 1 amide bonds. The van der Waals surface area contributed by atoms with Crippen molar-refractivity contribution >= 4 is 12.4 Å². The number of nitrogens with zero attached hydrogens (tertiary/aromatic N) is 2. The molecule has 84 valence electrons. The second-order valence-corrected chi connectivity index (χ2v) is 3.69. The van der Waals surface area contributed by atoms with Crippen LogP contribution in [-0.2, 0) is 4.79 Å². The number of aromatic nitrogens is 1. The van der Waals surface area contributed by atoms with Crippen LogP contribution < -0.4 is 5.43 Å². The lowest BCUT2D eigenvalue weighted by molar-refractivity contribution is -0.123. The van der Waals surface area contributed by atoms with Gasteiger partial charge in [-0.3, -0.25) is 9.59 Å². The van der Waals surface area contributed by atoms with Crippen molar-refractivity contribution in [3.63, 3.8) is 0 Å². The molecule has 0 aliphatic carbocycles. The fourth-order valence-electron chi connectivity index (χ4n) is 1.65. The number of carbonyl (C=O) groups excluding carboxylic acids is 1. The Hall–Kier alpha value is -2.11. The molecular weight excluding hydrogens is 212 g/mol. The predicted molar refractivity (Wildman–Crippen MR) is 54.3 cm³/mol. The van der Waals surface area contributed by atoms with Crippen molar-refractivity contribution in [2.45, 2.75) is 6.04 Å². The minimum absolute atomic E-state index is 0.0592. The van der Waals surface area contributed by atoms with E-state index in [-0.39, 0.29) is 11.6 Å². The van der Waals surface area contributed by atoms with Gasteiger partial charge in [-0.1, -0.05) is 0 Å². The number of pyridine rings is 1. The fourth-order valence-corrected chi connectivity index (χ4v) is 1.65. The van der Waals surface area contributed by atoms with Gasteiger partial charge in [-0.2, -0.15) is 0 Å². The molecule has 1 N–H and O–H groups in total. The Morgan fingerprint density at radius 3 is 2.75 bits per heavy atom. The van der Waals surface area contributed by atoms with E-state index in [9.17, 15) is 14.4 Å². The molecule has 1 aliphatic rings. The van der Waals surface area contributed by atoms with Crippen LogP contribution in [-0.4, -0.2) is 40.0 Å². The van der Waals surface area contributed by atoms with Crippen LogP contribution in [0.25, 0.3) is 0 Å². The van der Waals surface area contributed by atoms with Crippen molar-refractivity contribution in [2.75, 3.05) is 13.1 Å². The molecule has 6 nitrogen and oxygen atoms in total. The van der Waals surface area contributed by atoms with E-state index >= 15 is 0 Å². The summed E-state index contributed by atoms with van der Waals surface area (Å²) in [5.41, 5.74) is -0.748. The van der Waals surface area contributed by atoms with Crippen LogP contribution >= 0.6 is 0 Å². The molecule has 1 aromatic heterocycles. The van der Waals surface area contributed by atoms with Crippen molar-refractivity contribution in [3.05, 3.63) is 34.2 Å². The summed E-state index contributed by atoms with van der Waals surface area (Å²) in [6, 6.07) is 1.29. The quantitative estimate of drug-likeness (QED) is 0.703. The third kappa shape index (κ3) is 1.69. The van der Waals surface area contributed by atoms with E-state index in [0.29, 0.717) is 13.1 Å². The standard InChI is InChI=1S/C10H10N2O4/c13-6-11-3-7(4-11)12-2-1-9(14)8(5-12)10(15)16/h1-2,5-7H,3-4H2,(H,15,16). The molecule has 0 radical (unpaired) electrons. The predicted octanol–water partition coefficient (Wildman–Crippen LogP) is -0.440. The van der Waals surface area contributed by atoms with Crippen LogP contribution in [0.2, 0.25) is 0 Å². The normalized spacial score (nSPS) is 15.6. The summed E-state index contributed by atoms with van der Waals surface area (Å²) < 4.78 is 1.66. The number of amides is 1. The largest absolute Gasteiger partial charge is 0.477 e. The highest BCUT2D eigenvalue weighted by Crippen LogP contribution is 2.18. The van der Waals surface area contributed by atoms with Crippen molar-refractivity contribution < 1.29 is 14.7 Å². The van der Waals surface area contributed by atoms with Gasteiger partial charge in [0.25, 0.3) is 0 Å². The smallest absolute Gasteiger partial charge is 0.341 e. The summed E-state index contributed by atoms with van der Waals surface area (Å²) in [4.78, 5) is 33.9. The van der Waals surface area contributed by atoms with Gasteiger partial charge in [0, 0.05) is 31.5 Å². The minimum atomic E-state index is -1.23. The van der Waals surface area contributed by atoms with Crippen LogP contribution in [0.1, 0.15) is 16.4 Å². The molecule has 0 saturated carbocycles. The number of rotatable bonds is 3. The highest BCUT2D eigenvalue weighted by molar-refractivity contribution is 5.86. The highest BCUT2D eigenvalue weighted by Gasteiger charge is 2.26. The first kappa shape index (κ1) is 10.4. The Morgan fingerprint density at radius 1 is 1.50 bits per heavy atom. The molecular formula is C10H10N2O4. The van der Waals surface area contributed by atoms with Gasteiger partial charge in [0.15, 0.2) is 5.43 Å². The van der Waals surface area contributed by atoms with Crippen molar-refractivity contribution in [3.8, 4) is 0 Å². The van der Waals surface area contributed by atoms with E-state index in [2.05, 4.69) is 0 Å². The second-order valence-electron chi connectivity index (χ2n) is 3.69. The fraction of sp³-hybridized carbons (Fsp3) is 0.300. The first-order valence-electron chi connectivity index (χ1n) is 4.76. The summed E-state index contributed by atoms with van der Waals surface area (Å²) in [5, 5.41) is 8.78. The Balaban J connectivity index is 2.24. The van der Waals surface area contributed by atoms with Gasteiger partial charge in [-0.05, 0) is 0 Å². The third-order valence-corrected chi connectivity index (χ3v) is 2.63. The first-order valence-corrected chi connectivity index (χ1v) is 4.76. The Labute approximate surface area is 90.7 Å². The molecule has 16 heavy (non-hydrogen) atoms. The van der Waals surface area contributed by atoms with E-state index in [4.69, 9.17) is 5.11 Å². The van der Waals surface area contributed by atoms with E-state index in [1.807, 2.05) is 0 Å². The number of likely N-dealkylation sites (tertiary alicyclic amines) is 1. The van der Waals surface area contributed by atoms with Crippen LogP contribution in [0.3, 0.4) is 0 Å². The van der Waals surface area contributed by atoms with Gasteiger partial charge in [-0.25, -0.2) is 4.79 Å². The molecule has 1 saturated heterocycles. The van der Waals surface area contributed by atoms with Gasteiger partial charge in [0.2, 0.25) is 6.41 Å². The number of carbonyl (C=O) groups is 2. The van der Waals surface area contributed by atoms with Gasteiger partial charge in [0.1, 0.15) is 5.56 Å². The topological polar surface area (TPSA) is 79.6 Å². The molecule has 0 unspecified atom stereocenters. The Kier molecular flexibility index (Phi) is 2.47. The molecule has 2 rings (SSSR count). The molecule has 6 heteroatoms. The maximum atomic E-state index is 11.2. The summed E-state index contributed by atoms with van der Waals surface area (Å²) in [6.07, 6.45) is 3.61. The zero-order chi connectivity index (χ0) is 11.7. The monoisotopic (exact) mass is 222 g/mol. The summed E-state index contributed by atoms with van der Waals surface area (Å²) >= 11 is 0. The maximum Gasteiger partial charge on any atom is 0.341 e. The lowest BCUT2D eigenvalue weighted by atomic mass is 10.1. The van der Waals surface area contributed by atoms with Crippen LogP contribution in [0.5, 0.6) is 0 Å². The van der Waals surface area contributed by atoms with Crippen molar-refractivity contribution in [2.24, 2.45) is 0 Å². The first-order chi connectivity index (χ1) is 7.61. The van der Waals surface area contributed by atoms with Gasteiger partial charge >= 0.3 is 5.97 Å². The Morgan fingerprint density at radius 2 is 2.19 bits per heavy atom. The summed E-state index contributed by atoms with van der Waals surface area (Å²) in [6.45, 7) is 1.09. The van der Waals surface area contributed by atoms with E-state index in [1.165, 1.54) is 12.3 Å². The molecule has 0 aromatic carbocycles. The third-order valence-electron chi connectivity index (χ3n) is 2.63. The number of hydrogen-bond donors (Lipinski definition) is 1. The van der Waals surface area contributed by atoms with E-state index in [1.54, 1.807) is 15.7 Å². The lowest BCUT2D eigenvalue weighted by Crippen LogP contribution is -2.46. The average Bonchev–Trinajstić information content (AvgIpc) is 2.18. The molecule has 1 fully saturated rings. The van der Waals surface area contributed by atoms with Crippen molar-refractivity contribution in [1.82, 2.24) is 9.47 Å². The molecule has 0 atom stereocenters. The zero-order valence-corrected chi connectivity index (χ0v) is 8.37. The van der Waals surface area contributed by atoms with Crippen molar-refractivity contribution in [1.29, 1.82) is 0 Å². The SMILES string of the molecule is O=CN1CC(n2ccc(=O)c(C(=O)O)c2)C1. The van der Waals surface area contributed by atoms with Crippen LogP contribution in [0.15, 0.2) is 23.3 Å². The molecule has 0 bridgehead atoms. The summed E-state index contributed by atoms with van der Waals surface area (Å²) in [5.74, 6) is -1.23. The van der Waals surface area contributed by atoms with Crippen LogP contribution in [0, 0.1) is 0 Å². The zero-order valence-electron chi connectivity index (χ0n) is 8.37. The number of aromatic carboxylic acids is 1. The van der Waals surface area contributed by atoms with Crippen LogP contribution in [0.4, 0.5) is 0 Å². The van der Waals surface area contributed by atoms with E-state index < -0.39 is 11.4 Å². The highest BCUT2D eigenvalue weighted by atomic mass is 16.4. The molecule has 1 aromatic rings. The number of carboxylic acid groups (broad SMARTS) is 1. The Bertz CT molecular complexity index is 488. The maximum absolute atomic E-state index is 11.2. The average molecular weight is 222 g/mol. The lowest BCUT2D eigenvalue weighted by Gasteiger charge is -2.37. The van der Waals surface area contributed by atoms with Gasteiger partial charge in [-0.15, -0.1) is 0 Å². The molecule has 0 spiro atoms. The number of hydrogen-bond acceptors (Lipinski definition) is 3. The molecule has 2 heterocycles. The van der Waals surface area contributed by atoms with Gasteiger partial charge in [0.05, 0.1) is 6.04 Å². The second kappa shape index (κ2) is 3.80. The van der Waals surface area contributed by atoms with Gasteiger partial charge < -0.3 is 14.6 Å². The summed E-state index contributed by atoms with van der Waals surface area (Å²) in [7, 11) is 0.